The van der Waals surface area contributed by atoms with Crippen LogP contribution in [0.1, 0.15) is 10.4 Å². The first-order valence-electron chi connectivity index (χ1n) is 8.48. The molecule has 0 saturated heterocycles. The zero-order valence-corrected chi connectivity index (χ0v) is 17.1. The number of phenolic OH excluding ortho intramolecular Hbond substituents is 1. The van der Waals surface area contributed by atoms with Crippen LogP contribution in [0.15, 0.2) is 64.4 Å². The van der Waals surface area contributed by atoms with Gasteiger partial charge in [-0.1, -0.05) is 24.3 Å². The molecule has 31 heavy (non-hydrogen) atoms. The van der Waals surface area contributed by atoms with Crippen molar-refractivity contribution in [2.45, 2.75) is 9.79 Å². The largest absolute Gasteiger partial charge is 0.506 e. The lowest BCUT2D eigenvalue weighted by Crippen LogP contribution is -2.17. The predicted octanol–water partition coefficient (Wildman–Crippen LogP) is 1.90. The monoisotopic (exact) mass is 465 g/mol. The fourth-order valence-electron chi connectivity index (χ4n) is 2.88. The summed E-state index contributed by atoms with van der Waals surface area (Å²) in [6.07, 6.45) is 0. The van der Waals surface area contributed by atoms with Gasteiger partial charge < -0.3 is 15.3 Å². The van der Waals surface area contributed by atoms with E-state index in [0.29, 0.717) is 0 Å². The van der Waals surface area contributed by atoms with Crippen LogP contribution in [-0.4, -0.2) is 49.8 Å². The number of rotatable bonds is 7. The minimum Gasteiger partial charge on any atom is -0.506 e. The van der Waals surface area contributed by atoms with Crippen molar-refractivity contribution in [2.24, 2.45) is 0 Å². The zero-order valence-electron chi connectivity index (χ0n) is 15.5. The summed E-state index contributed by atoms with van der Waals surface area (Å²) in [5.41, 5.74) is -0.337. The van der Waals surface area contributed by atoms with Crippen LogP contribution in [0.5, 0.6) is 5.75 Å². The number of aliphatic carboxylic acids is 1. The number of carboxylic acids is 2. The molecule has 0 saturated carbocycles. The van der Waals surface area contributed by atoms with Gasteiger partial charge in [-0.15, -0.1) is 0 Å². The molecule has 0 aromatic heterocycles. The van der Waals surface area contributed by atoms with E-state index < -0.39 is 48.2 Å². The third-order valence-electron chi connectivity index (χ3n) is 4.29. The third-order valence-corrected chi connectivity index (χ3v) is 7.28. The first-order valence-corrected chi connectivity index (χ1v) is 11.6. The first-order chi connectivity index (χ1) is 14.4. The van der Waals surface area contributed by atoms with E-state index in [1.54, 1.807) is 0 Å². The number of nitrogens with one attached hydrogen (secondary N) is 1. The summed E-state index contributed by atoms with van der Waals surface area (Å²) in [6, 6.07) is 11.0. The Labute approximate surface area is 176 Å². The summed E-state index contributed by atoms with van der Waals surface area (Å²) in [7, 11) is -8.77. The third kappa shape index (κ3) is 4.44. The average molecular weight is 465 g/mol. The molecule has 0 aliphatic heterocycles. The number of sulfone groups is 1. The van der Waals surface area contributed by atoms with Crippen molar-refractivity contribution >= 4 is 48.3 Å². The van der Waals surface area contributed by atoms with E-state index in [9.17, 15) is 31.5 Å². The van der Waals surface area contributed by atoms with E-state index >= 15 is 0 Å². The second-order valence-electron chi connectivity index (χ2n) is 6.40. The number of phenols is 1. The van der Waals surface area contributed by atoms with Gasteiger partial charge in [0.1, 0.15) is 10.6 Å². The zero-order chi connectivity index (χ0) is 23.0. The highest BCUT2D eigenvalue weighted by Crippen LogP contribution is 2.38. The Morgan fingerprint density at radius 2 is 1.45 bits per heavy atom. The SMILES string of the molecule is O=C(O)CS(=O)(=O)c1cc(NS(=O)(=O)c2ccc(C(=O)O)cc2)c2ccccc2c1O. The number of carboxylic acid groups (broad SMARTS) is 2. The van der Waals surface area contributed by atoms with Gasteiger partial charge in [-0.2, -0.15) is 0 Å². The van der Waals surface area contributed by atoms with Crippen LogP contribution in [0.4, 0.5) is 5.69 Å². The Balaban J connectivity index is 2.16. The molecule has 3 aromatic rings. The minimum atomic E-state index is -4.49. The van der Waals surface area contributed by atoms with E-state index in [-0.39, 0.29) is 26.9 Å². The summed E-state index contributed by atoms with van der Waals surface area (Å²) in [5, 5.41) is 28.4. The summed E-state index contributed by atoms with van der Waals surface area (Å²) < 4.78 is 52.6. The van der Waals surface area contributed by atoms with Gasteiger partial charge in [0.15, 0.2) is 15.6 Å². The van der Waals surface area contributed by atoms with Crippen molar-refractivity contribution in [3.05, 3.63) is 60.2 Å². The molecule has 3 rings (SSSR count). The van der Waals surface area contributed by atoms with Crippen LogP contribution in [-0.2, 0) is 24.7 Å². The van der Waals surface area contributed by atoms with Crippen molar-refractivity contribution in [3.8, 4) is 5.75 Å². The molecule has 0 unspecified atom stereocenters. The van der Waals surface area contributed by atoms with E-state index in [1.165, 1.54) is 24.3 Å². The number of sulfonamides is 1. The van der Waals surface area contributed by atoms with Crippen LogP contribution in [0.25, 0.3) is 10.8 Å². The molecule has 3 aromatic carbocycles. The number of carbonyl (C=O) groups is 2. The van der Waals surface area contributed by atoms with Gasteiger partial charge in [-0.3, -0.25) is 9.52 Å². The molecule has 162 valence electrons. The van der Waals surface area contributed by atoms with Gasteiger partial charge in [0.25, 0.3) is 10.0 Å². The molecule has 4 N–H and O–H groups in total. The van der Waals surface area contributed by atoms with Gasteiger partial charge in [-0.05, 0) is 30.3 Å². The maximum Gasteiger partial charge on any atom is 0.335 e. The quantitative estimate of drug-likeness (QED) is 0.380. The predicted molar refractivity (Wildman–Crippen MR) is 110 cm³/mol. The van der Waals surface area contributed by atoms with Gasteiger partial charge >= 0.3 is 11.9 Å². The molecule has 0 radical (unpaired) electrons. The number of benzene rings is 3. The van der Waals surface area contributed by atoms with Crippen molar-refractivity contribution in [3.63, 3.8) is 0 Å². The van der Waals surface area contributed by atoms with Crippen LogP contribution >= 0.6 is 0 Å². The van der Waals surface area contributed by atoms with Crippen molar-refractivity contribution in [1.29, 1.82) is 0 Å². The molecule has 0 atom stereocenters. The van der Waals surface area contributed by atoms with Crippen molar-refractivity contribution < 1.29 is 41.7 Å². The van der Waals surface area contributed by atoms with Crippen LogP contribution in [0.3, 0.4) is 0 Å². The van der Waals surface area contributed by atoms with Gasteiger partial charge in [0.05, 0.1) is 16.1 Å². The Morgan fingerprint density at radius 1 is 0.871 bits per heavy atom. The van der Waals surface area contributed by atoms with Crippen molar-refractivity contribution in [2.75, 3.05) is 10.5 Å². The van der Waals surface area contributed by atoms with E-state index in [0.717, 1.165) is 30.3 Å². The highest BCUT2D eigenvalue weighted by molar-refractivity contribution is 7.93. The summed E-state index contributed by atoms with van der Waals surface area (Å²) >= 11 is 0. The fourth-order valence-corrected chi connectivity index (χ4v) is 5.13. The molecule has 0 aliphatic rings. The topological polar surface area (TPSA) is 175 Å². The number of aromatic carboxylic acids is 1. The molecule has 0 bridgehead atoms. The standard InChI is InChI=1S/C19H15NO9S2/c21-17(22)10-30(26,27)16-9-15(13-3-1-2-4-14(13)18(16)23)20-31(28,29)12-7-5-11(6-8-12)19(24)25/h1-9,20,23H,10H2,(H,21,22)(H,24,25). The van der Waals surface area contributed by atoms with Crippen LogP contribution < -0.4 is 4.72 Å². The number of hydrogen-bond acceptors (Lipinski definition) is 7. The maximum atomic E-state index is 12.8. The van der Waals surface area contributed by atoms with Gasteiger partial charge in [-0.25, -0.2) is 21.6 Å². The smallest absolute Gasteiger partial charge is 0.335 e. The fraction of sp³-hybridized carbons (Fsp3) is 0.0526. The number of aromatic hydroxyl groups is 1. The van der Waals surface area contributed by atoms with Gasteiger partial charge in [0, 0.05) is 10.8 Å². The Bertz CT molecular complexity index is 1410. The van der Waals surface area contributed by atoms with E-state index in [1.807, 2.05) is 0 Å². The second-order valence-corrected chi connectivity index (χ2v) is 10.0. The number of anilines is 1. The number of fused-ring (bicyclic) bond motifs is 1. The lowest BCUT2D eigenvalue weighted by molar-refractivity contribution is -0.134. The molecule has 0 aliphatic carbocycles. The van der Waals surface area contributed by atoms with E-state index in [2.05, 4.69) is 4.72 Å². The van der Waals surface area contributed by atoms with Gasteiger partial charge in [0.2, 0.25) is 0 Å². The highest BCUT2D eigenvalue weighted by atomic mass is 32.2. The summed E-state index contributed by atoms with van der Waals surface area (Å²) in [4.78, 5) is 20.8. The second kappa shape index (κ2) is 7.89. The molecule has 0 heterocycles. The molecule has 0 amide bonds. The molecule has 12 heteroatoms. The van der Waals surface area contributed by atoms with Crippen molar-refractivity contribution in [1.82, 2.24) is 0 Å². The molecule has 10 nitrogen and oxygen atoms in total. The molecule has 0 spiro atoms. The van der Waals surface area contributed by atoms with Crippen LogP contribution in [0.2, 0.25) is 0 Å². The molecular weight excluding hydrogens is 450 g/mol. The lowest BCUT2D eigenvalue weighted by Gasteiger charge is -2.15. The Kier molecular flexibility index (Phi) is 5.61. The number of hydrogen-bond donors (Lipinski definition) is 4. The molecular formula is C19H15NO9S2. The Hall–Kier alpha value is -3.64. The van der Waals surface area contributed by atoms with Crippen LogP contribution in [0, 0.1) is 0 Å². The minimum absolute atomic E-state index is 0.00658. The molecule has 0 fully saturated rings. The normalized spacial score (nSPS) is 11.9. The lowest BCUT2D eigenvalue weighted by atomic mass is 10.1. The average Bonchev–Trinajstić information content (AvgIpc) is 2.69. The first kappa shape index (κ1) is 22.1. The Morgan fingerprint density at radius 3 is 2.00 bits per heavy atom. The summed E-state index contributed by atoms with van der Waals surface area (Å²) in [5.74, 6) is -4.89. The highest BCUT2D eigenvalue weighted by Gasteiger charge is 2.26. The van der Waals surface area contributed by atoms with E-state index in [4.69, 9.17) is 10.2 Å². The maximum absolute atomic E-state index is 12.8. The summed E-state index contributed by atoms with van der Waals surface area (Å²) in [6.45, 7) is 0.